The lowest BCUT2D eigenvalue weighted by Gasteiger charge is -2.42. The van der Waals surface area contributed by atoms with Crippen LogP contribution in [0.5, 0.6) is 5.75 Å². The molecule has 1 saturated carbocycles. The number of amides is 1. The van der Waals surface area contributed by atoms with Gasteiger partial charge in [0.25, 0.3) is 0 Å². The second-order valence-corrected chi connectivity index (χ2v) is 11.6. The van der Waals surface area contributed by atoms with Crippen molar-refractivity contribution in [2.45, 2.75) is 69.6 Å². The first-order chi connectivity index (χ1) is 16.6. The number of rotatable bonds is 5. The van der Waals surface area contributed by atoms with Gasteiger partial charge in [-0.15, -0.1) is 0 Å². The smallest absolute Gasteiger partial charge is 0.248 e. The zero-order chi connectivity index (χ0) is 24.8. The van der Waals surface area contributed by atoms with Gasteiger partial charge in [-0.25, -0.2) is 0 Å². The molecular weight excluding hydrogens is 430 g/mol. The minimum absolute atomic E-state index is 0.0149. The van der Waals surface area contributed by atoms with Crippen LogP contribution in [0.25, 0.3) is 6.08 Å². The Kier molecular flexibility index (Phi) is 5.62. The Morgan fingerprint density at radius 3 is 2.14 bits per heavy atom. The molecule has 0 radical (unpaired) electrons. The van der Waals surface area contributed by atoms with Crippen LogP contribution in [0.1, 0.15) is 81.2 Å². The van der Waals surface area contributed by atoms with Crippen molar-refractivity contribution < 1.29 is 9.90 Å². The van der Waals surface area contributed by atoms with Crippen LogP contribution >= 0.6 is 0 Å². The molecule has 2 aliphatic rings. The number of hydrogen-bond acceptors (Lipinski definition) is 2. The van der Waals surface area contributed by atoms with Gasteiger partial charge >= 0.3 is 0 Å². The quantitative estimate of drug-likeness (QED) is 0.303. The Bertz CT molecular complexity index is 1290. The van der Waals surface area contributed by atoms with Crippen LogP contribution in [0.3, 0.4) is 0 Å². The normalized spacial score (nSPS) is 19.2. The number of carbonyl (C=O) groups excluding carboxylic acids is 1. The van der Waals surface area contributed by atoms with E-state index in [2.05, 4.69) is 69.4 Å². The number of fused-ring (bicyclic) bond motifs is 1. The molecule has 3 aromatic carbocycles. The standard InChI is InChI=1S/C32H35NO2/c1-30(2)17-18-31(3,4)28-21-23(10-15-27(28)30)32(19-20-32)26-8-6-5-7-22(26)9-16-29(35)33-24-11-13-25(34)14-12-24/h5-16,21,34H,17-20H2,1-4H3,(H,33,35). The lowest BCUT2D eigenvalue weighted by Crippen LogP contribution is -2.34. The second-order valence-electron chi connectivity index (χ2n) is 11.6. The van der Waals surface area contributed by atoms with Crippen molar-refractivity contribution >= 4 is 17.7 Å². The van der Waals surface area contributed by atoms with Gasteiger partial charge in [-0.2, -0.15) is 0 Å². The van der Waals surface area contributed by atoms with Crippen molar-refractivity contribution in [3.05, 3.63) is 101 Å². The summed E-state index contributed by atoms with van der Waals surface area (Å²) >= 11 is 0. The average Bonchev–Trinajstić information content (AvgIpc) is 3.64. The fourth-order valence-electron chi connectivity index (χ4n) is 5.70. The molecule has 3 aromatic rings. The monoisotopic (exact) mass is 465 g/mol. The van der Waals surface area contributed by atoms with Crippen LogP contribution in [0.4, 0.5) is 5.69 Å². The Balaban J connectivity index is 1.45. The lowest BCUT2D eigenvalue weighted by atomic mass is 9.62. The molecule has 2 aliphatic carbocycles. The summed E-state index contributed by atoms with van der Waals surface area (Å²) in [4.78, 5) is 12.5. The summed E-state index contributed by atoms with van der Waals surface area (Å²) in [6, 6.07) is 22.2. The van der Waals surface area contributed by atoms with Gasteiger partial charge in [0.2, 0.25) is 5.91 Å². The number of phenolic OH excluding ortho intramolecular Hbond substituents is 1. The Hall–Kier alpha value is -3.33. The summed E-state index contributed by atoms with van der Waals surface area (Å²) in [5.74, 6) is -0.00979. The highest BCUT2D eigenvalue weighted by Gasteiger charge is 2.48. The van der Waals surface area contributed by atoms with E-state index in [1.807, 2.05) is 12.1 Å². The summed E-state index contributed by atoms with van der Waals surface area (Å²) in [5.41, 5.74) is 7.84. The maximum absolute atomic E-state index is 12.5. The summed E-state index contributed by atoms with van der Waals surface area (Å²) in [6.45, 7) is 9.51. The second kappa shape index (κ2) is 8.41. The molecule has 1 fully saturated rings. The lowest BCUT2D eigenvalue weighted by molar-refractivity contribution is -0.111. The molecule has 3 nitrogen and oxygen atoms in total. The van der Waals surface area contributed by atoms with Crippen molar-refractivity contribution in [3.63, 3.8) is 0 Å². The van der Waals surface area contributed by atoms with Gasteiger partial charge in [0.1, 0.15) is 5.75 Å². The van der Waals surface area contributed by atoms with E-state index >= 15 is 0 Å². The maximum atomic E-state index is 12.5. The van der Waals surface area contributed by atoms with E-state index in [1.165, 1.54) is 35.1 Å². The molecule has 2 N–H and O–H groups in total. The van der Waals surface area contributed by atoms with Crippen LogP contribution < -0.4 is 5.32 Å². The molecule has 0 heterocycles. The average molecular weight is 466 g/mol. The molecule has 0 unspecified atom stereocenters. The third-order valence-electron chi connectivity index (χ3n) is 8.18. The number of carbonyl (C=O) groups is 1. The molecule has 0 aliphatic heterocycles. The van der Waals surface area contributed by atoms with Gasteiger partial charge < -0.3 is 10.4 Å². The molecule has 0 spiro atoms. The molecule has 0 saturated heterocycles. The number of benzene rings is 3. The van der Waals surface area contributed by atoms with Gasteiger partial charge in [-0.05, 0) is 94.7 Å². The minimum Gasteiger partial charge on any atom is -0.508 e. The van der Waals surface area contributed by atoms with Crippen LogP contribution in [-0.2, 0) is 21.0 Å². The largest absolute Gasteiger partial charge is 0.508 e. The van der Waals surface area contributed by atoms with Crippen molar-refractivity contribution in [2.24, 2.45) is 0 Å². The highest BCUT2D eigenvalue weighted by molar-refractivity contribution is 6.02. The Labute approximate surface area is 208 Å². The van der Waals surface area contributed by atoms with Gasteiger partial charge in [-0.1, -0.05) is 70.2 Å². The maximum Gasteiger partial charge on any atom is 0.248 e. The molecule has 0 bridgehead atoms. The number of phenols is 1. The summed E-state index contributed by atoms with van der Waals surface area (Å²) in [7, 11) is 0. The topological polar surface area (TPSA) is 49.3 Å². The third kappa shape index (κ3) is 4.40. The van der Waals surface area contributed by atoms with E-state index in [4.69, 9.17) is 0 Å². The van der Waals surface area contributed by atoms with Crippen LogP contribution in [0.2, 0.25) is 0 Å². The van der Waals surface area contributed by atoms with E-state index in [0.29, 0.717) is 5.69 Å². The molecule has 1 amide bonds. The fraction of sp³-hybridized carbons (Fsp3) is 0.344. The van der Waals surface area contributed by atoms with Crippen LogP contribution in [-0.4, -0.2) is 11.0 Å². The molecule has 0 atom stereocenters. The van der Waals surface area contributed by atoms with E-state index in [0.717, 1.165) is 18.4 Å². The van der Waals surface area contributed by atoms with Crippen LogP contribution in [0.15, 0.2) is 72.8 Å². The number of nitrogens with one attached hydrogen (secondary N) is 1. The fourth-order valence-corrected chi connectivity index (χ4v) is 5.70. The van der Waals surface area contributed by atoms with Gasteiger partial charge in [0.15, 0.2) is 0 Å². The first-order valence-corrected chi connectivity index (χ1v) is 12.6. The van der Waals surface area contributed by atoms with Crippen molar-refractivity contribution in [2.75, 3.05) is 5.32 Å². The number of hydrogen-bond donors (Lipinski definition) is 2. The molecular formula is C32H35NO2. The van der Waals surface area contributed by atoms with Crippen LogP contribution in [0, 0.1) is 0 Å². The Morgan fingerprint density at radius 1 is 0.800 bits per heavy atom. The molecule has 180 valence electrons. The predicted molar refractivity (Wildman–Crippen MR) is 144 cm³/mol. The molecule has 5 rings (SSSR count). The molecule has 35 heavy (non-hydrogen) atoms. The molecule has 3 heteroatoms. The van der Waals surface area contributed by atoms with Gasteiger partial charge in [-0.3, -0.25) is 4.79 Å². The van der Waals surface area contributed by atoms with Gasteiger partial charge in [0, 0.05) is 17.2 Å². The van der Waals surface area contributed by atoms with E-state index < -0.39 is 0 Å². The zero-order valence-corrected chi connectivity index (χ0v) is 21.2. The molecule has 0 aromatic heterocycles. The highest BCUT2D eigenvalue weighted by Crippen LogP contribution is 2.56. The highest BCUT2D eigenvalue weighted by atomic mass is 16.3. The van der Waals surface area contributed by atoms with Crippen molar-refractivity contribution in [1.82, 2.24) is 0 Å². The van der Waals surface area contributed by atoms with Gasteiger partial charge in [0.05, 0.1) is 0 Å². The van der Waals surface area contributed by atoms with E-state index in [1.54, 1.807) is 30.3 Å². The summed E-state index contributed by atoms with van der Waals surface area (Å²) < 4.78 is 0. The summed E-state index contributed by atoms with van der Waals surface area (Å²) in [6.07, 6.45) is 8.20. The zero-order valence-electron chi connectivity index (χ0n) is 21.2. The number of anilines is 1. The summed E-state index contributed by atoms with van der Waals surface area (Å²) in [5, 5.41) is 12.3. The Morgan fingerprint density at radius 2 is 1.46 bits per heavy atom. The van der Waals surface area contributed by atoms with Crippen molar-refractivity contribution in [3.8, 4) is 5.75 Å². The van der Waals surface area contributed by atoms with E-state index in [-0.39, 0.29) is 27.9 Å². The minimum atomic E-state index is -0.187. The van der Waals surface area contributed by atoms with Crippen molar-refractivity contribution in [1.29, 1.82) is 0 Å². The predicted octanol–water partition coefficient (Wildman–Crippen LogP) is 7.47. The first-order valence-electron chi connectivity index (χ1n) is 12.6. The third-order valence-corrected chi connectivity index (χ3v) is 8.18. The van der Waals surface area contributed by atoms with E-state index in [9.17, 15) is 9.90 Å². The number of aromatic hydroxyl groups is 1. The first kappa shape index (κ1) is 23.4. The SMILES string of the molecule is CC1(C)CCC(C)(C)c2cc(C3(c4ccccc4C=CC(=O)Nc4ccc(O)cc4)CC3)ccc21.